The van der Waals surface area contributed by atoms with Crippen molar-refractivity contribution in [3.8, 4) is 5.75 Å². The van der Waals surface area contributed by atoms with Crippen LogP contribution in [-0.2, 0) is 4.74 Å². The molecule has 0 N–H and O–H groups in total. The molecule has 130 valence electrons. The summed E-state index contributed by atoms with van der Waals surface area (Å²) in [5, 5.41) is 1.13. The molecule has 0 amide bonds. The first-order chi connectivity index (χ1) is 11.8. The van der Waals surface area contributed by atoms with Crippen LogP contribution < -0.4 is 9.64 Å². The zero-order valence-corrected chi connectivity index (χ0v) is 15.3. The zero-order valence-electron chi connectivity index (χ0n) is 14.5. The summed E-state index contributed by atoms with van der Waals surface area (Å²) in [7, 11) is 1.72. The highest BCUT2D eigenvalue weighted by Crippen LogP contribution is 2.36. The average molecular weight is 347 g/mol. The lowest BCUT2D eigenvalue weighted by atomic mass is 10.1. The second-order valence-electron chi connectivity index (χ2n) is 6.63. The van der Waals surface area contributed by atoms with E-state index in [0.717, 1.165) is 55.8 Å². The predicted molar refractivity (Wildman–Crippen MR) is 98.5 cm³/mol. The Bertz CT molecular complexity index is 704. The van der Waals surface area contributed by atoms with Gasteiger partial charge in [-0.3, -0.25) is 4.90 Å². The second kappa shape index (κ2) is 6.86. The molecule has 24 heavy (non-hydrogen) atoms. The van der Waals surface area contributed by atoms with Gasteiger partial charge in [0, 0.05) is 45.4 Å². The van der Waals surface area contributed by atoms with Crippen molar-refractivity contribution in [2.75, 3.05) is 51.4 Å². The summed E-state index contributed by atoms with van der Waals surface area (Å²) in [6, 6.07) is 4.84. The van der Waals surface area contributed by atoms with Crippen LogP contribution in [-0.4, -0.2) is 62.4 Å². The number of ether oxygens (including phenoxy) is 2. The molecule has 2 saturated heterocycles. The van der Waals surface area contributed by atoms with Gasteiger partial charge in [0.25, 0.3) is 0 Å². The van der Waals surface area contributed by atoms with Crippen LogP contribution in [0.3, 0.4) is 0 Å². The Morgan fingerprint density at radius 3 is 2.62 bits per heavy atom. The molecule has 6 heteroatoms. The maximum absolute atomic E-state index is 5.49. The summed E-state index contributed by atoms with van der Waals surface area (Å²) in [4.78, 5) is 9.95. The standard InChI is InChI=1S/C18H25N3O2S/c1-13-3-4-15(22-2)16-17(13)24-18(19-16)21-9-7-20(8-10-21)14-5-11-23-12-6-14/h3-4,14H,5-12H2,1-2H3. The van der Waals surface area contributed by atoms with Crippen LogP contribution >= 0.6 is 11.3 Å². The number of thiazole rings is 1. The number of fused-ring (bicyclic) bond motifs is 1. The molecule has 2 aliphatic rings. The van der Waals surface area contributed by atoms with Gasteiger partial charge in [-0.05, 0) is 31.4 Å². The van der Waals surface area contributed by atoms with Crippen LogP contribution in [0.2, 0.25) is 0 Å². The fourth-order valence-corrected chi connectivity index (χ4v) is 4.83. The van der Waals surface area contributed by atoms with Crippen LogP contribution in [0.4, 0.5) is 5.13 Å². The molecule has 0 radical (unpaired) electrons. The molecule has 0 unspecified atom stereocenters. The van der Waals surface area contributed by atoms with E-state index in [-0.39, 0.29) is 0 Å². The number of anilines is 1. The number of aryl methyl sites for hydroxylation is 1. The molecule has 0 bridgehead atoms. The molecule has 0 spiro atoms. The molecule has 1 aromatic heterocycles. The third kappa shape index (κ3) is 2.98. The molecule has 3 heterocycles. The first kappa shape index (κ1) is 16.1. The lowest BCUT2D eigenvalue weighted by Crippen LogP contribution is -2.51. The normalized spacial score (nSPS) is 20.7. The largest absolute Gasteiger partial charge is 0.494 e. The highest BCUT2D eigenvalue weighted by Gasteiger charge is 2.27. The minimum atomic E-state index is 0.707. The number of methoxy groups -OCH3 is 1. The number of rotatable bonds is 3. The van der Waals surface area contributed by atoms with E-state index in [1.807, 2.05) is 6.07 Å². The summed E-state index contributed by atoms with van der Waals surface area (Å²) in [6.45, 7) is 8.33. The molecule has 2 aliphatic heterocycles. The predicted octanol–water partition coefficient (Wildman–Crippen LogP) is 2.91. The van der Waals surface area contributed by atoms with Gasteiger partial charge in [0.15, 0.2) is 5.13 Å². The molecular weight excluding hydrogens is 322 g/mol. The minimum Gasteiger partial charge on any atom is -0.494 e. The highest BCUT2D eigenvalue weighted by atomic mass is 32.1. The Balaban J connectivity index is 1.49. The van der Waals surface area contributed by atoms with E-state index >= 15 is 0 Å². The van der Waals surface area contributed by atoms with Crippen molar-refractivity contribution < 1.29 is 9.47 Å². The molecule has 0 saturated carbocycles. The summed E-state index contributed by atoms with van der Waals surface area (Å²) in [5.41, 5.74) is 2.28. The molecule has 0 aliphatic carbocycles. The van der Waals surface area contributed by atoms with Gasteiger partial charge in [-0.2, -0.15) is 0 Å². The Kier molecular flexibility index (Phi) is 4.61. The quantitative estimate of drug-likeness (QED) is 0.853. The van der Waals surface area contributed by atoms with Crippen LogP contribution in [0, 0.1) is 6.92 Å². The molecule has 2 fully saturated rings. The number of aromatic nitrogens is 1. The molecule has 4 rings (SSSR count). The topological polar surface area (TPSA) is 37.8 Å². The maximum Gasteiger partial charge on any atom is 0.186 e. The molecule has 2 aromatic rings. The van der Waals surface area contributed by atoms with Crippen molar-refractivity contribution in [2.24, 2.45) is 0 Å². The van der Waals surface area contributed by atoms with Gasteiger partial charge >= 0.3 is 0 Å². The molecule has 0 atom stereocenters. The first-order valence-corrected chi connectivity index (χ1v) is 9.59. The van der Waals surface area contributed by atoms with Crippen molar-refractivity contribution in [1.82, 2.24) is 9.88 Å². The molecular formula is C18H25N3O2S. The fourth-order valence-electron chi connectivity index (χ4n) is 3.73. The Labute approximate surface area is 147 Å². The van der Waals surface area contributed by atoms with E-state index in [1.165, 1.54) is 23.1 Å². The van der Waals surface area contributed by atoms with Crippen molar-refractivity contribution in [2.45, 2.75) is 25.8 Å². The Morgan fingerprint density at radius 2 is 1.92 bits per heavy atom. The summed E-state index contributed by atoms with van der Waals surface area (Å²) >= 11 is 1.79. The SMILES string of the molecule is COc1ccc(C)c2sc(N3CCN(C4CCOCC4)CC3)nc12. The average Bonchev–Trinajstić information content (AvgIpc) is 3.09. The smallest absolute Gasteiger partial charge is 0.186 e. The fraction of sp³-hybridized carbons (Fsp3) is 0.611. The summed E-state index contributed by atoms with van der Waals surface area (Å²) < 4.78 is 12.2. The number of piperazine rings is 1. The summed E-state index contributed by atoms with van der Waals surface area (Å²) in [5.74, 6) is 0.874. The van der Waals surface area contributed by atoms with E-state index in [0.29, 0.717) is 6.04 Å². The monoisotopic (exact) mass is 347 g/mol. The van der Waals surface area contributed by atoms with E-state index in [1.54, 1.807) is 18.4 Å². The number of hydrogen-bond acceptors (Lipinski definition) is 6. The lowest BCUT2D eigenvalue weighted by Gasteiger charge is -2.40. The maximum atomic E-state index is 5.49. The van der Waals surface area contributed by atoms with E-state index in [2.05, 4.69) is 22.8 Å². The van der Waals surface area contributed by atoms with Gasteiger partial charge in [-0.1, -0.05) is 17.4 Å². The van der Waals surface area contributed by atoms with E-state index < -0.39 is 0 Å². The number of hydrogen-bond donors (Lipinski definition) is 0. The minimum absolute atomic E-state index is 0.707. The summed E-state index contributed by atoms with van der Waals surface area (Å²) in [6.07, 6.45) is 2.36. The number of nitrogens with zero attached hydrogens (tertiary/aromatic N) is 3. The molecule has 5 nitrogen and oxygen atoms in total. The van der Waals surface area contributed by atoms with Crippen molar-refractivity contribution in [3.05, 3.63) is 17.7 Å². The van der Waals surface area contributed by atoms with E-state index in [4.69, 9.17) is 14.5 Å². The second-order valence-corrected chi connectivity index (χ2v) is 7.60. The van der Waals surface area contributed by atoms with E-state index in [9.17, 15) is 0 Å². The van der Waals surface area contributed by atoms with Crippen LogP contribution in [0.5, 0.6) is 5.75 Å². The van der Waals surface area contributed by atoms with Crippen LogP contribution in [0.15, 0.2) is 12.1 Å². The zero-order chi connectivity index (χ0) is 16.5. The third-order valence-electron chi connectivity index (χ3n) is 5.20. The Hall–Kier alpha value is -1.37. The van der Waals surface area contributed by atoms with Crippen molar-refractivity contribution in [3.63, 3.8) is 0 Å². The van der Waals surface area contributed by atoms with Crippen molar-refractivity contribution in [1.29, 1.82) is 0 Å². The van der Waals surface area contributed by atoms with Gasteiger partial charge in [-0.25, -0.2) is 4.98 Å². The van der Waals surface area contributed by atoms with Crippen LogP contribution in [0.1, 0.15) is 18.4 Å². The lowest BCUT2D eigenvalue weighted by molar-refractivity contribution is 0.0321. The first-order valence-electron chi connectivity index (χ1n) is 8.77. The van der Waals surface area contributed by atoms with Gasteiger partial charge in [0.2, 0.25) is 0 Å². The van der Waals surface area contributed by atoms with Crippen molar-refractivity contribution >= 4 is 26.7 Å². The van der Waals surface area contributed by atoms with Gasteiger partial charge < -0.3 is 14.4 Å². The van der Waals surface area contributed by atoms with Crippen LogP contribution in [0.25, 0.3) is 10.2 Å². The molecule has 1 aromatic carbocycles. The van der Waals surface area contributed by atoms with Gasteiger partial charge in [-0.15, -0.1) is 0 Å². The Morgan fingerprint density at radius 1 is 1.17 bits per heavy atom. The van der Waals surface area contributed by atoms with Gasteiger partial charge in [0.1, 0.15) is 11.3 Å². The third-order valence-corrected chi connectivity index (χ3v) is 6.46. The van der Waals surface area contributed by atoms with Gasteiger partial charge in [0.05, 0.1) is 11.8 Å². The highest BCUT2D eigenvalue weighted by molar-refractivity contribution is 7.22. The number of benzene rings is 1.